The van der Waals surface area contributed by atoms with Crippen LogP contribution in [-0.2, 0) is 9.47 Å². The number of ether oxygens (including phenoxy) is 2. The van der Waals surface area contributed by atoms with Crippen LogP contribution in [0.5, 0.6) is 0 Å². The summed E-state index contributed by atoms with van der Waals surface area (Å²) >= 11 is 0. The highest BCUT2D eigenvalue weighted by Crippen LogP contribution is 2.22. The van der Waals surface area contributed by atoms with Crippen LogP contribution in [0.2, 0.25) is 0 Å². The summed E-state index contributed by atoms with van der Waals surface area (Å²) in [6, 6.07) is 0.585. The van der Waals surface area contributed by atoms with E-state index in [0.29, 0.717) is 24.7 Å². The average Bonchev–Trinajstić information content (AvgIpc) is 2.24. The van der Waals surface area contributed by atoms with Crippen LogP contribution in [0.4, 0.5) is 0 Å². The number of methoxy groups -OCH3 is 1. The van der Waals surface area contributed by atoms with E-state index in [1.54, 1.807) is 7.11 Å². The smallest absolute Gasteiger partial charge is 0.0700 e. The van der Waals surface area contributed by atoms with Crippen LogP contribution in [0.15, 0.2) is 0 Å². The lowest BCUT2D eigenvalue weighted by molar-refractivity contribution is 0.0650. The fourth-order valence-corrected chi connectivity index (χ4v) is 1.71. The summed E-state index contributed by atoms with van der Waals surface area (Å²) in [6.07, 6.45) is 3.57. The highest BCUT2D eigenvalue weighted by Gasteiger charge is 2.14. The number of hydrogen-bond acceptors (Lipinski definition) is 3. The van der Waals surface area contributed by atoms with Crippen LogP contribution in [0, 0.1) is 5.41 Å². The highest BCUT2D eigenvalue weighted by atomic mass is 16.5. The van der Waals surface area contributed by atoms with Crippen LogP contribution in [-0.4, -0.2) is 39.5 Å². The second-order valence-electron chi connectivity index (χ2n) is 5.75. The average molecular weight is 245 g/mol. The minimum absolute atomic E-state index is 0.421. The van der Waals surface area contributed by atoms with Crippen molar-refractivity contribution in [2.24, 2.45) is 5.41 Å². The van der Waals surface area contributed by atoms with Crippen LogP contribution in [0.1, 0.15) is 47.0 Å². The van der Waals surface area contributed by atoms with E-state index >= 15 is 0 Å². The Bertz CT molecular complexity index is 166. The Morgan fingerprint density at radius 1 is 1.06 bits per heavy atom. The predicted octanol–water partition coefficient (Wildman–Crippen LogP) is 2.84. The van der Waals surface area contributed by atoms with Crippen molar-refractivity contribution in [3.05, 3.63) is 0 Å². The van der Waals surface area contributed by atoms with Crippen molar-refractivity contribution >= 4 is 0 Å². The third-order valence-electron chi connectivity index (χ3n) is 2.78. The molecule has 0 radical (unpaired) electrons. The molecule has 17 heavy (non-hydrogen) atoms. The van der Waals surface area contributed by atoms with Crippen molar-refractivity contribution in [1.29, 1.82) is 0 Å². The first-order valence-corrected chi connectivity index (χ1v) is 6.79. The van der Waals surface area contributed by atoms with Gasteiger partial charge in [0.2, 0.25) is 0 Å². The lowest BCUT2D eigenvalue weighted by atomic mass is 9.88. The first kappa shape index (κ1) is 16.9. The quantitative estimate of drug-likeness (QED) is 0.600. The fourth-order valence-electron chi connectivity index (χ4n) is 1.71. The van der Waals surface area contributed by atoms with Crippen molar-refractivity contribution in [2.45, 2.75) is 53.0 Å². The van der Waals surface area contributed by atoms with E-state index in [1.165, 1.54) is 12.8 Å². The molecule has 0 aromatic rings. The van der Waals surface area contributed by atoms with Gasteiger partial charge in [0, 0.05) is 19.8 Å². The lowest BCUT2D eigenvalue weighted by Gasteiger charge is -2.23. The molecule has 3 nitrogen and oxygen atoms in total. The van der Waals surface area contributed by atoms with Crippen molar-refractivity contribution in [3.8, 4) is 0 Å². The maximum atomic E-state index is 5.52. The lowest BCUT2D eigenvalue weighted by Crippen LogP contribution is -2.31. The highest BCUT2D eigenvalue weighted by molar-refractivity contribution is 4.71. The Hall–Kier alpha value is -0.120. The summed E-state index contributed by atoms with van der Waals surface area (Å²) in [5, 5.41) is 3.53. The number of rotatable bonds is 10. The fraction of sp³-hybridized carbons (Fsp3) is 1.00. The van der Waals surface area contributed by atoms with Gasteiger partial charge in [-0.05, 0) is 31.2 Å². The summed E-state index contributed by atoms with van der Waals surface area (Å²) in [6.45, 7) is 12.3. The van der Waals surface area contributed by atoms with Gasteiger partial charge < -0.3 is 14.8 Å². The largest absolute Gasteiger partial charge is 0.382 e. The summed E-state index contributed by atoms with van der Waals surface area (Å²) < 4.78 is 10.5. The van der Waals surface area contributed by atoms with Gasteiger partial charge in [0.1, 0.15) is 0 Å². The van der Waals surface area contributed by atoms with E-state index in [0.717, 1.165) is 19.6 Å². The molecule has 0 aliphatic heterocycles. The van der Waals surface area contributed by atoms with Gasteiger partial charge in [-0.1, -0.05) is 27.7 Å². The molecule has 0 aromatic heterocycles. The maximum Gasteiger partial charge on any atom is 0.0700 e. The minimum atomic E-state index is 0.421. The Labute approximate surface area is 107 Å². The van der Waals surface area contributed by atoms with Gasteiger partial charge in [0.15, 0.2) is 0 Å². The van der Waals surface area contributed by atoms with Gasteiger partial charge in [-0.2, -0.15) is 0 Å². The molecule has 104 valence electrons. The Morgan fingerprint density at radius 2 is 1.76 bits per heavy atom. The van der Waals surface area contributed by atoms with Gasteiger partial charge in [-0.3, -0.25) is 0 Å². The molecule has 0 saturated heterocycles. The van der Waals surface area contributed by atoms with Crippen LogP contribution < -0.4 is 5.32 Å². The zero-order chi connectivity index (χ0) is 13.1. The molecular weight excluding hydrogens is 214 g/mol. The van der Waals surface area contributed by atoms with Crippen LogP contribution in [0.3, 0.4) is 0 Å². The summed E-state index contributed by atoms with van der Waals surface area (Å²) in [5.74, 6) is 0. The molecule has 0 aliphatic rings. The summed E-state index contributed by atoms with van der Waals surface area (Å²) in [7, 11) is 1.70. The molecule has 0 heterocycles. The van der Waals surface area contributed by atoms with Gasteiger partial charge in [0.05, 0.1) is 13.2 Å². The van der Waals surface area contributed by atoms with Crippen LogP contribution >= 0.6 is 0 Å². The van der Waals surface area contributed by atoms with Gasteiger partial charge >= 0.3 is 0 Å². The first-order valence-electron chi connectivity index (χ1n) is 6.79. The Balaban J connectivity index is 3.67. The van der Waals surface area contributed by atoms with E-state index in [-0.39, 0.29) is 0 Å². The molecule has 0 rings (SSSR count). The van der Waals surface area contributed by atoms with Gasteiger partial charge in [0.25, 0.3) is 0 Å². The molecule has 1 atom stereocenters. The molecule has 0 aromatic carbocycles. The first-order chi connectivity index (χ1) is 7.99. The van der Waals surface area contributed by atoms with Crippen LogP contribution in [0.25, 0.3) is 0 Å². The normalized spacial score (nSPS) is 13.9. The number of nitrogens with one attached hydrogen (secondary N) is 1. The second-order valence-corrected chi connectivity index (χ2v) is 5.75. The summed E-state index contributed by atoms with van der Waals surface area (Å²) in [4.78, 5) is 0. The third kappa shape index (κ3) is 12.1. The monoisotopic (exact) mass is 245 g/mol. The Morgan fingerprint density at radius 3 is 2.29 bits per heavy atom. The summed E-state index contributed by atoms with van der Waals surface area (Å²) in [5.41, 5.74) is 0.421. The third-order valence-corrected chi connectivity index (χ3v) is 2.78. The topological polar surface area (TPSA) is 30.5 Å². The SMILES string of the molecule is CCNC(CCOCCOC)CCC(C)(C)C. The molecule has 3 heteroatoms. The minimum Gasteiger partial charge on any atom is -0.382 e. The molecule has 0 amide bonds. The van der Waals surface area contributed by atoms with Gasteiger partial charge in [-0.15, -0.1) is 0 Å². The molecule has 0 fully saturated rings. The van der Waals surface area contributed by atoms with E-state index in [1.807, 2.05) is 0 Å². The van der Waals surface area contributed by atoms with E-state index in [9.17, 15) is 0 Å². The van der Waals surface area contributed by atoms with Gasteiger partial charge in [-0.25, -0.2) is 0 Å². The van der Waals surface area contributed by atoms with E-state index < -0.39 is 0 Å². The number of hydrogen-bond donors (Lipinski definition) is 1. The van der Waals surface area contributed by atoms with Crippen molar-refractivity contribution < 1.29 is 9.47 Å². The molecule has 1 unspecified atom stereocenters. The van der Waals surface area contributed by atoms with Crippen molar-refractivity contribution in [3.63, 3.8) is 0 Å². The van der Waals surface area contributed by atoms with Crippen molar-refractivity contribution in [1.82, 2.24) is 5.32 Å². The zero-order valence-electron chi connectivity index (χ0n) is 12.3. The zero-order valence-corrected chi connectivity index (χ0v) is 12.3. The van der Waals surface area contributed by atoms with E-state index in [2.05, 4.69) is 33.0 Å². The standard InChI is InChI=1S/C14H31NO2/c1-6-15-13(7-9-14(2,3)4)8-10-17-12-11-16-5/h13,15H,6-12H2,1-5H3. The molecular formula is C14H31NO2. The second kappa shape index (κ2) is 9.86. The maximum absolute atomic E-state index is 5.52. The molecule has 0 bridgehead atoms. The predicted molar refractivity (Wildman–Crippen MR) is 73.5 cm³/mol. The molecule has 0 aliphatic carbocycles. The molecule has 0 saturated carbocycles. The van der Waals surface area contributed by atoms with Crippen molar-refractivity contribution in [2.75, 3.05) is 33.5 Å². The Kier molecular flexibility index (Phi) is 9.79. The molecule has 0 spiro atoms. The van der Waals surface area contributed by atoms with E-state index in [4.69, 9.17) is 9.47 Å². The molecule has 1 N–H and O–H groups in total.